The van der Waals surface area contributed by atoms with E-state index in [2.05, 4.69) is 6.92 Å². The maximum Gasteiger partial charge on any atom is 0.305 e. The van der Waals surface area contributed by atoms with Crippen LogP contribution < -0.4 is 0 Å². The highest BCUT2D eigenvalue weighted by atomic mass is 16.6. The molecule has 0 saturated carbocycles. The maximum atomic E-state index is 11.7. The molecule has 0 heterocycles. The summed E-state index contributed by atoms with van der Waals surface area (Å²) in [6, 6.07) is 0. The molecule has 10 unspecified atom stereocenters. The molecule has 0 aromatic rings. The SMILES string of the molecule is CCCCCCCC(=O)OCC(O)COCC(O)COCC(O)COCC(O)COCC(O)COCC(O)COCC(O)COCC(O)COCC(O)COCC(C)O. The molecule has 0 spiro atoms. The van der Waals surface area contributed by atoms with E-state index in [4.69, 9.17) is 52.5 Å². The monoisotopic (exact) mass is 868 g/mol. The van der Waals surface area contributed by atoms with Crippen molar-refractivity contribution in [3.05, 3.63) is 0 Å². The van der Waals surface area contributed by atoms with Gasteiger partial charge in [0.05, 0.1) is 125 Å². The Labute approximate surface area is 347 Å². The number of hydrogen-bond donors (Lipinski definition) is 10. The molecule has 0 aliphatic rings. The molecule has 0 bridgehead atoms. The average Bonchev–Trinajstić information content (AvgIpc) is 3.17. The summed E-state index contributed by atoms with van der Waals surface area (Å²) in [7, 11) is 0. The van der Waals surface area contributed by atoms with Crippen molar-refractivity contribution in [1.29, 1.82) is 0 Å². The second-order valence-electron chi connectivity index (χ2n) is 14.4. The van der Waals surface area contributed by atoms with Gasteiger partial charge in [-0.2, -0.15) is 0 Å². The van der Waals surface area contributed by atoms with Gasteiger partial charge in [-0.15, -0.1) is 0 Å². The van der Waals surface area contributed by atoms with E-state index in [0.717, 1.165) is 32.1 Å². The zero-order valence-electron chi connectivity index (χ0n) is 34.9. The van der Waals surface area contributed by atoms with E-state index in [1.807, 2.05) is 0 Å². The molecule has 21 nitrogen and oxygen atoms in total. The Morgan fingerprint density at radius 3 is 0.797 bits per heavy atom. The minimum absolute atomic E-state index is 0.0205. The number of carbonyl (C=O) groups is 1. The van der Waals surface area contributed by atoms with Gasteiger partial charge in [0.1, 0.15) is 61.5 Å². The number of esters is 1. The van der Waals surface area contributed by atoms with Crippen LogP contribution in [0.3, 0.4) is 0 Å². The molecule has 0 saturated heterocycles. The summed E-state index contributed by atoms with van der Waals surface area (Å²) in [6.07, 6.45) is -4.50. The standard InChI is InChI=1S/C38H76O21/c1-3-4-5-6-7-8-38(49)59-27-37(48)26-58-25-36(47)24-57-23-35(46)22-56-21-34(45)20-55-19-33(44)18-54-17-32(43)16-53-15-31(42)14-52-13-30(41)12-51-11-29(40)10-50-9-28(2)39/h28-37,39-48H,3-27H2,1-2H3. The topological polar surface area (TPSA) is 312 Å². The second-order valence-corrected chi connectivity index (χ2v) is 14.4. The predicted molar refractivity (Wildman–Crippen MR) is 207 cm³/mol. The van der Waals surface area contributed by atoms with Gasteiger partial charge in [0.25, 0.3) is 0 Å². The van der Waals surface area contributed by atoms with Crippen molar-refractivity contribution >= 4 is 5.97 Å². The summed E-state index contributed by atoms with van der Waals surface area (Å²) in [5, 5.41) is 98.6. The van der Waals surface area contributed by atoms with Crippen LogP contribution >= 0.6 is 0 Å². The van der Waals surface area contributed by atoms with Crippen LogP contribution in [0, 0.1) is 0 Å². The van der Waals surface area contributed by atoms with Crippen LogP contribution in [0.5, 0.6) is 0 Å². The molecule has 0 fully saturated rings. The molecular weight excluding hydrogens is 792 g/mol. The van der Waals surface area contributed by atoms with Crippen LogP contribution in [-0.2, 0) is 52.2 Å². The summed E-state index contributed by atoms with van der Waals surface area (Å²) >= 11 is 0. The molecule has 0 aromatic carbocycles. The Morgan fingerprint density at radius 1 is 0.339 bits per heavy atom. The molecule has 59 heavy (non-hydrogen) atoms. The van der Waals surface area contributed by atoms with Gasteiger partial charge in [-0.1, -0.05) is 32.6 Å². The largest absolute Gasteiger partial charge is 0.463 e. The van der Waals surface area contributed by atoms with Gasteiger partial charge in [-0.25, -0.2) is 0 Å². The Kier molecular flexibility index (Phi) is 38.7. The van der Waals surface area contributed by atoms with E-state index in [9.17, 15) is 50.8 Å². The van der Waals surface area contributed by atoms with Gasteiger partial charge in [0.15, 0.2) is 0 Å². The van der Waals surface area contributed by atoms with Crippen molar-refractivity contribution in [2.24, 2.45) is 0 Å². The van der Waals surface area contributed by atoms with Gasteiger partial charge in [-0.05, 0) is 13.3 Å². The first-order chi connectivity index (χ1) is 28.2. The van der Waals surface area contributed by atoms with E-state index in [1.54, 1.807) is 6.92 Å². The summed E-state index contributed by atoms with van der Waals surface area (Å²) in [6.45, 7) is 1.12. The number of unbranched alkanes of at least 4 members (excludes halogenated alkanes) is 4. The van der Waals surface area contributed by atoms with Crippen molar-refractivity contribution in [3.8, 4) is 0 Å². The summed E-state index contributed by atoms with van der Waals surface area (Å²) < 4.78 is 52.0. The number of hydrogen-bond acceptors (Lipinski definition) is 21. The first-order valence-electron chi connectivity index (χ1n) is 20.4. The zero-order chi connectivity index (χ0) is 44.1. The molecule has 0 amide bonds. The summed E-state index contributed by atoms with van der Waals surface area (Å²) in [4.78, 5) is 11.7. The van der Waals surface area contributed by atoms with E-state index in [1.165, 1.54) is 0 Å². The van der Waals surface area contributed by atoms with Crippen LogP contribution in [0.15, 0.2) is 0 Å². The molecule has 0 radical (unpaired) electrons. The van der Waals surface area contributed by atoms with Crippen LogP contribution in [0.25, 0.3) is 0 Å². The highest BCUT2D eigenvalue weighted by Gasteiger charge is 2.16. The van der Waals surface area contributed by atoms with Crippen LogP contribution in [-0.4, -0.2) is 244 Å². The van der Waals surface area contributed by atoms with Gasteiger partial charge in [0.2, 0.25) is 0 Å². The van der Waals surface area contributed by atoms with Gasteiger partial charge in [0, 0.05) is 6.42 Å². The Balaban J connectivity index is 3.75. The predicted octanol–water partition coefficient (Wildman–Crippen LogP) is -3.33. The fraction of sp³-hybridized carbons (Fsp3) is 0.974. The number of aliphatic hydroxyl groups excluding tert-OH is 10. The van der Waals surface area contributed by atoms with Crippen LogP contribution in [0.1, 0.15) is 52.4 Å². The zero-order valence-corrected chi connectivity index (χ0v) is 34.9. The number of ether oxygens (including phenoxy) is 10. The van der Waals surface area contributed by atoms with Crippen molar-refractivity contribution in [2.45, 2.75) is 113 Å². The Hall–Kier alpha value is -1.29. The lowest BCUT2D eigenvalue weighted by Gasteiger charge is -2.18. The van der Waals surface area contributed by atoms with E-state index in [0.29, 0.717) is 6.42 Å². The lowest BCUT2D eigenvalue weighted by molar-refractivity contribution is -0.148. The second kappa shape index (κ2) is 39.5. The third-order valence-electron chi connectivity index (χ3n) is 7.55. The fourth-order valence-electron chi connectivity index (χ4n) is 4.66. The lowest BCUT2D eigenvalue weighted by Crippen LogP contribution is -2.32. The van der Waals surface area contributed by atoms with Gasteiger partial charge < -0.3 is 98.4 Å². The van der Waals surface area contributed by atoms with Gasteiger partial charge in [-0.3, -0.25) is 4.79 Å². The van der Waals surface area contributed by atoms with Crippen LogP contribution in [0.2, 0.25) is 0 Å². The molecular formula is C38H76O21. The molecule has 354 valence electrons. The number of rotatable bonds is 44. The first-order valence-corrected chi connectivity index (χ1v) is 20.4. The van der Waals surface area contributed by atoms with E-state index in [-0.39, 0.29) is 132 Å². The summed E-state index contributed by atoms with van der Waals surface area (Å²) in [5.74, 6) is -0.371. The maximum absolute atomic E-state index is 11.7. The molecule has 0 aliphatic carbocycles. The van der Waals surface area contributed by atoms with E-state index < -0.39 is 61.0 Å². The Morgan fingerprint density at radius 2 is 0.559 bits per heavy atom. The average molecular weight is 869 g/mol. The minimum Gasteiger partial charge on any atom is -0.463 e. The third kappa shape index (κ3) is 40.5. The lowest BCUT2D eigenvalue weighted by atomic mass is 10.1. The third-order valence-corrected chi connectivity index (χ3v) is 7.55. The quantitative estimate of drug-likeness (QED) is 0.0212. The van der Waals surface area contributed by atoms with E-state index >= 15 is 0 Å². The first kappa shape index (κ1) is 57.7. The molecule has 0 aromatic heterocycles. The normalized spacial score (nSPS) is 17.2. The van der Waals surface area contributed by atoms with Crippen molar-refractivity contribution in [2.75, 3.05) is 126 Å². The smallest absolute Gasteiger partial charge is 0.305 e. The minimum atomic E-state index is -1.06. The Bertz CT molecular complexity index is 923. The molecule has 0 rings (SSSR count). The molecule has 10 atom stereocenters. The highest BCUT2D eigenvalue weighted by molar-refractivity contribution is 5.69. The summed E-state index contributed by atoms with van der Waals surface area (Å²) in [5.41, 5.74) is 0. The number of aliphatic hydroxyl groups is 10. The van der Waals surface area contributed by atoms with Crippen molar-refractivity contribution in [1.82, 2.24) is 0 Å². The van der Waals surface area contributed by atoms with Crippen molar-refractivity contribution in [3.63, 3.8) is 0 Å². The highest BCUT2D eigenvalue weighted by Crippen LogP contribution is 2.06. The van der Waals surface area contributed by atoms with Crippen molar-refractivity contribution < 1.29 is 103 Å². The molecule has 10 N–H and O–H groups in total. The molecule has 0 aliphatic heterocycles. The van der Waals surface area contributed by atoms with Gasteiger partial charge >= 0.3 is 5.97 Å². The number of carbonyl (C=O) groups excluding carboxylic acids is 1. The van der Waals surface area contributed by atoms with Crippen LogP contribution in [0.4, 0.5) is 0 Å². The molecule has 21 heteroatoms. The fourth-order valence-corrected chi connectivity index (χ4v) is 4.66.